The van der Waals surface area contributed by atoms with Gasteiger partial charge in [0.15, 0.2) is 0 Å². The number of aliphatic hydroxyl groups excluding tert-OH is 1. The average Bonchev–Trinajstić information content (AvgIpc) is 2.05. The van der Waals surface area contributed by atoms with Gasteiger partial charge in [-0.1, -0.05) is 0 Å². The lowest BCUT2D eigenvalue weighted by Gasteiger charge is -2.34. The summed E-state index contributed by atoms with van der Waals surface area (Å²) in [5.74, 6) is 0. The van der Waals surface area contributed by atoms with E-state index in [4.69, 9.17) is 9.84 Å². The van der Waals surface area contributed by atoms with Gasteiger partial charge in [0.1, 0.15) is 0 Å². The highest BCUT2D eigenvalue weighted by molar-refractivity contribution is 7.80. The molecule has 1 unspecified atom stereocenters. The molecular formula is C7H15NO2S. The Labute approximate surface area is 72.7 Å². The topological polar surface area (TPSA) is 32.7 Å². The maximum atomic E-state index is 8.81. The standard InChI is InChI=1S/C7H15NO2S/c1-6(11)8-2-3-10-7(4-8)5-9/h6-7,9,11H,2-5H2,1H3/t6?,7-/m0/s1. The summed E-state index contributed by atoms with van der Waals surface area (Å²) in [7, 11) is 0. The van der Waals surface area contributed by atoms with Crippen LogP contribution in [0, 0.1) is 0 Å². The Hall–Kier alpha value is 0.230. The first-order valence-corrected chi connectivity index (χ1v) is 4.40. The zero-order valence-electron chi connectivity index (χ0n) is 6.73. The summed E-state index contributed by atoms with van der Waals surface area (Å²) in [6, 6.07) is 0. The van der Waals surface area contributed by atoms with Crippen molar-refractivity contribution in [2.24, 2.45) is 0 Å². The van der Waals surface area contributed by atoms with Crippen LogP contribution in [0.5, 0.6) is 0 Å². The molecule has 1 aliphatic rings. The normalized spacial score (nSPS) is 30.3. The molecule has 0 spiro atoms. The SMILES string of the molecule is CC(S)N1CCO[C@H](CO)C1. The molecule has 1 aliphatic heterocycles. The fraction of sp³-hybridized carbons (Fsp3) is 1.00. The number of aliphatic hydroxyl groups is 1. The van der Waals surface area contributed by atoms with Crippen LogP contribution in [0.2, 0.25) is 0 Å². The van der Waals surface area contributed by atoms with Gasteiger partial charge >= 0.3 is 0 Å². The van der Waals surface area contributed by atoms with Gasteiger partial charge in [0.05, 0.1) is 24.7 Å². The van der Waals surface area contributed by atoms with Gasteiger partial charge in [0.25, 0.3) is 0 Å². The quantitative estimate of drug-likeness (QED) is 0.580. The van der Waals surface area contributed by atoms with E-state index in [2.05, 4.69) is 17.5 Å². The molecule has 11 heavy (non-hydrogen) atoms. The maximum Gasteiger partial charge on any atom is 0.0933 e. The molecule has 1 saturated heterocycles. The zero-order valence-corrected chi connectivity index (χ0v) is 7.63. The molecule has 2 atom stereocenters. The van der Waals surface area contributed by atoms with Gasteiger partial charge in [0, 0.05) is 13.1 Å². The fourth-order valence-corrected chi connectivity index (χ4v) is 1.40. The minimum atomic E-state index is -0.0154. The highest BCUT2D eigenvalue weighted by atomic mass is 32.1. The van der Waals surface area contributed by atoms with Crippen molar-refractivity contribution >= 4 is 12.6 Å². The van der Waals surface area contributed by atoms with Crippen molar-refractivity contribution in [2.75, 3.05) is 26.3 Å². The Morgan fingerprint density at radius 3 is 3.09 bits per heavy atom. The summed E-state index contributed by atoms with van der Waals surface area (Å²) in [6.45, 7) is 4.55. The second-order valence-corrected chi connectivity index (χ2v) is 3.55. The third-order valence-corrected chi connectivity index (χ3v) is 2.23. The molecule has 1 rings (SSSR count). The summed E-state index contributed by atoms with van der Waals surface area (Å²) in [6.07, 6.45) is -0.0154. The van der Waals surface area contributed by atoms with Gasteiger partial charge in [0.2, 0.25) is 0 Å². The van der Waals surface area contributed by atoms with Crippen LogP contribution in [0.25, 0.3) is 0 Å². The van der Waals surface area contributed by atoms with Crippen LogP contribution in [0.3, 0.4) is 0 Å². The summed E-state index contributed by atoms with van der Waals surface area (Å²) in [5.41, 5.74) is 0. The lowest BCUT2D eigenvalue weighted by molar-refractivity contribution is -0.0542. The van der Waals surface area contributed by atoms with Gasteiger partial charge in [-0.15, -0.1) is 0 Å². The molecule has 4 heteroatoms. The number of morpholine rings is 1. The predicted molar refractivity (Wildman–Crippen MR) is 46.8 cm³/mol. The molecule has 0 radical (unpaired) electrons. The van der Waals surface area contributed by atoms with E-state index in [0.29, 0.717) is 6.61 Å². The Bertz CT molecular complexity index is 121. The molecular weight excluding hydrogens is 162 g/mol. The average molecular weight is 177 g/mol. The van der Waals surface area contributed by atoms with E-state index in [1.807, 2.05) is 6.92 Å². The van der Waals surface area contributed by atoms with Gasteiger partial charge in [-0.25, -0.2) is 0 Å². The molecule has 1 heterocycles. The minimum absolute atomic E-state index is 0.0154. The number of hydrogen-bond donors (Lipinski definition) is 2. The second-order valence-electron chi connectivity index (χ2n) is 2.80. The van der Waals surface area contributed by atoms with E-state index in [9.17, 15) is 0 Å². The van der Waals surface area contributed by atoms with Crippen molar-refractivity contribution in [3.8, 4) is 0 Å². The largest absolute Gasteiger partial charge is 0.394 e. The number of ether oxygens (including phenoxy) is 1. The van der Waals surface area contributed by atoms with Crippen molar-refractivity contribution in [1.29, 1.82) is 0 Å². The van der Waals surface area contributed by atoms with Crippen LogP contribution in [0.15, 0.2) is 0 Å². The monoisotopic (exact) mass is 177 g/mol. The zero-order chi connectivity index (χ0) is 8.27. The van der Waals surface area contributed by atoms with E-state index in [1.165, 1.54) is 0 Å². The number of nitrogens with zero attached hydrogens (tertiary/aromatic N) is 1. The molecule has 0 aromatic rings. The lowest BCUT2D eigenvalue weighted by atomic mass is 10.3. The van der Waals surface area contributed by atoms with Crippen LogP contribution in [-0.4, -0.2) is 47.8 Å². The first kappa shape index (κ1) is 9.32. The van der Waals surface area contributed by atoms with Crippen LogP contribution in [0.4, 0.5) is 0 Å². The van der Waals surface area contributed by atoms with Crippen molar-refractivity contribution in [2.45, 2.75) is 18.4 Å². The van der Waals surface area contributed by atoms with Crippen molar-refractivity contribution in [3.05, 3.63) is 0 Å². The maximum absolute atomic E-state index is 8.81. The van der Waals surface area contributed by atoms with Gasteiger partial charge < -0.3 is 9.84 Å². The molecule has 66 valence electrons. The number of hydrogen-bond acceptors (Lipinski definition) is 4. The molecule has 0 aromatic carbocycles. The molecule has 0 saturated carbocycles. The smallest absolute Gasteiger partial charge is 0.0933 e. The van der Waals surface area contributed by atoms with E-state index in [-0.39, 0.29) is 18.1 Å². The first-order chi connectivity index (χ1) is 5.24. The molecule has 1 fully saturated rings. The highest BCUT2D eigenvalue weighted by Crippen LogP contribution is 2.10. The first-order valence-electron chi connectivity index (χ1n) is 3.88. The van der Waals surface area contributed by atoms with Crippen LogP contribution < -0.4 is 0 Å². The van der Waals surface area contributed by atoms with Gasteiger partial charge in [-0.3, -0.25) is 4.90 Å². The van der Waals surface area contributed by atoms with Crippen molar-refractivity contribution in [3.63, 3.8) is 0 Å². The molecule has 3 nitrogen and oxygen atoms in total. The Morgan fingerprint density at radius 1 is 1.82 bits per heavy atom. The Kier molecular flexibility index (Phi) is 3.65. The second kappa shape index (κ2) is 4.30. The molecule has 0 bridgehead atoms. The summed E-state index contributed by atoms with van der Waals surface area (Å²) >= 11 is 4.31. The summed E-state index contributed by atoms with van der Waals surface area (Å²) in [5, 5.41) is 9.07. The van der Waals surface area contributed by atoms with Crippen LogP contribution in [0.1, 0.15) is 6.92 Å². The van der Waals surface area contributed by atoms with Crippen molar-refractivity contribution < 1.29 is 9.84 Å². The number of rotatable bonds is 2. The van der Waals surface area contributed by atoms with Crippen LogP contribution >= 0.6 is 12.6 Å². The molecule has 0 aliphatic carbocycles. The Morgan fingerprint density at radius 2 is 2.55 bits per heavy atom. The highest BCUT2D eigenvalue weighted by Gasteiger charge is 2.21. The third-order valence-electron chi connectivity index (χ3n) is 1.90. The van der Waals surface area contributed by atoms with E-state index < -0.39 is 0 Å². The fourth-order valence-electron chi connectivity index (χ4n) is 1.19. The summed E-state index contributed by atoms with van der Waals surface area (Å²) in [4.78, 5) is 2.19. The third kappa shape index (κ3) is 2.63. The molecule has 0 amide bonds. The van der Waals surface area contributed by atoms with Gasteiger partial charge in [-0.05, 0) is 6.92 Å². The predicted octanol–water partition coefficient (Wildman–Crippen LogP) is -0.0447. The van der Waals surface area contributed by atoms with Crippen LogP contribution in [-0.2, 0) is 4.74 Å². The summed E-state index contributed by atoms with van der Waals surface area (Å²) < 4.78 is 5.28. The molecule has 0 aromatic heterocycles. The van der Waals surface area contributed by atoms with Gasteiger partial charge in [-0.2, -0.15) is 12.6 Å². The number of thiol groups is 1. The van der Waals surface area contributed by atoms with E-state index in [1.54, 1.807) is 0 Å². The lowest BCUT2D eigenvalue weighted by Crippen LogP contribution is -2.46. The van der Waals surface area contributed by atoms with Crippen molar-refractivity contribution in [1.82, 2.24) is 4.90 Å². The molecule has 1 N–H and O–H groups in total. The minimum Gasteiger partial charge on any atom is -0.394 e. The Balaban J connectivity index is 2.33. The van der Waals surface area contributed by atoms with E-state index >= 15 is 0 Å². The van der Waals surface area contributed by atoms with E-state index in [0.717, 1.165) is 13.1 Å².